The fourth-order valence-corrected chi connectivity index (χ4v) is 2.71. The lowest BCUT2D eigenvalue weighted by molar-refractivity contribution is -0.125. The van der Waals surface area contributed by atoms with E-state index < -0.39 is 6.10 Å². The van der Waals surface area contributed by atoms with Gasteiger partial charge in [-0.2, -0.15) is 0 Å². The van der Waals surface area contributed by atoms with Crippen LogP contribution in [0.3, 0.4) is 0 Å². The predicted molar refractivity (Wildman–Crippen MR) is 98.2 cm³/mol. The van der Waals surface area contributed by atoms with E-state index in [-0.39, 0.29) is 11.8 Å². The Balaban J connectivity index is 1.84. The zero-order chi connectivity index (χ0) is 18.0. The Labute approximate surface area is 146 Å². The number of nitrogens with zero attached hydrogens (tertiary/aromatic N) is 1. The van der Waals surface area contributed by atoms with E-state index >= 15 is 0 Å². The van der Waals surface area contributed by atoms with E-state index in [1.165, 1.54) is 0 Å². The normalized spacial score (nSPS) is 16.0. The first-order valence-electron chi connectivity index (χ1n) is 8.10. The summed E-state index contributed by atoms with van der Waals surface area (Å²) in [5, 5.41) is 2.86. The summed E-state index contributed by atoms with van der Waals surface area (Å²) >= 11 is 0. The SMILES string of the molecule is C=CCN1C(=O)C(C)Oc2cc(NC(=O)c3ccc(C)cc3)ccc21. The zero-order valence-electron chi connectivity index (χ0n) is 14.3. The molecule has 1 atom stereocenters. The molecule has 128 valence electrons. The third-order valence-corrected chi connectivity index (χ3v) is 4.05. The third-order valence-electron chi connectivity index (χ3n) is 4.05. The van der Waals surface area contributed by atoms with Gasteiger partial charge in [-0.25, -0.2) is 0 Å². The highest BCUT2D eigenvalue weighted by Crippen LogP contribution is 2.36. The number of nitrogens with one attached hydrogen (secondary N) is 1. The van der Waals surface area contributed by atoms with Crippen LogP contribution < -0.4 is 15.0 Å². The van der Waals surface area contributed by atoms with Gasteiger partial charge in [-0.1, -0.05) is 23.8 Å². The Morgan fingerprint density at radius 3 is 2.68 bits per heavy atom. The van der Waals surface area contributed by atoms with E-state index in [9.17, 15) is 9.59 Å². The fraction of sp³-hybridized carbons (Fsp3) is 0.200. The van der Waals surface area contributed by atoms with Gasteiger partial charge in [0.2, 0.25) is 0 Å². The molecule has 0 radical (unpaired) electrons. The highest BCUT2D eigenvalue weighted by molar-refractivity contribution is 6.05. The summed E-state index contributed by atoms with van der Waals surface area (Å²) in [6.45, 7) is 7.78. The highest BCUT2D eigenvalue weighted by Gasteiger charge is 2.30. The Hall–Kier alpha value is -3.08. The van der Waals surface area contributed by atoms with Crippen molar-refractivity contribution in [3.05, 3.63) is 66.2 Å². The topological polar surface area (TPSA) is 58.6 Å². The molecule has 1 unspecified atom stereocenters. The molecule has 0 saturated carbocycles. The van der Waals surface area contributed by atoms with Crippen molar-refractivity contribution in [3.8, 4) is 5.75 Å². The van der Waals surface area contributed by atoms with Gasteiger partial charge in [0, 0.05) is 23.9 Å². The number of ether oxygens (including phenoxy) is 1. The molecular weight excluding hydrogens is 316 g/mol. The monoisotopic (exact) mass is 336 g/mol. The number of anilines is 2. The van der Waals surface area contributed by atoms with Crippen LogP contribution in [-0.2, 0) is 4.79 Å². The molecule has 0 fully saturated rings. The summed E-state index contributed by atoms with van der Waals surface area (Å²) in [4.78, 5) is 26.2. The summed E-state index contributed by atoms with van der Waals surface area (Å²) in [7, 11) is 0. The summed E-state index contributed by atoms with van der Waals surface area (Å²) in [5.41, 5.74) is 2.97. The molecule has 2 aromatic carbocycles. The van der Waals surface area contributed by atoms with Gasteiger partial charge in [-0.05, 0) is 38.1 Å². The van der Waals surface area contributed by atoms with Crippen LogP contribution in [0.1, 0.15) is 22.8 Å². The lowest BCUT2D eigenvalue weighted by Crippen LogP contribution is -2.44. The third kappa shape index (κ3) is 3.40. The Morgan fingerprint density at radius 2 is 2.00 bits per heavy atom. The Morgan fingerprint density at radius 1 is 1.28 bits per heavy atom. The molecular formula is C20H20N2O3. The summed E-state index contributed by atoms with van der Waals surface area (Å²) < 4.78 is 5.69. The van der Waals surface area contributed by atoms with E-state index in [2.05, 4.69) is 11.9 Å². The first-order valence-corrected chi connectivity index (χ1v) is 8.10. The Bertz CT molecular complexity index is 827. The maximum atomic E-state index is 12.3. The quantitative estimate of drug-likeness (QED) is 0.869. The smallest absolute Gasteiger partial charge is 0.268 e. The minimum atomic E-state index is -0.574. The molecule has 3 rings (SSSR count). The van der Waals surface area contributed by atoms with Crippen molar-refractivity contribution in [1.82, 2.24) is 0 Å². The van der Waals surface area contributed by atoms with Gasteiger partial charge >= 0.3 is 0 Å². The van der Waals surface area contributed by atoms with Crippen molar-refractivity contribution >= 4 is 23.2 Å². The summed E-state index contributed by atoms with van der Waals surface area (Å²) in [5.74, 6) is 0.266. The second kappa shape index (κ2) is 6.81. The molecule has 0 saturated heterocycles. The van der Waals surface area contributed by atoms with Gasteiger partial charge in [-0.3, -0.25) is 9.59 Å². The zero-order valence-corrected chi connectivity index (χ0v) is 14.3. The summed E-state index contributed by atoms with van der Waals surface area (Å²) in [6, 6.07) is 12.6. The number of amides is 2. The largest absolute Gasteiger partial charge is 0.479 e. The molecule has 2 amide bonds. The number of benzene rings is 2. The molecule has 0 aromatic heterocycles. The van der Waals surface area contributed by atoms with Gasteiger partial charge in [0.1, 0.15) is 5.75 Å². The predicted octanol–water partition coefficient (Wildman–Crippen LogP) is 3.55. The van der Waals surface area contributed by atoms with Crippen LogP contribution in [-0.4, -0.2) is 24.5 Å². The molecule has 1 heterocycles. The fourth-order valence-electron chi connectivity index (χ4n) is 2.71. The highest BCUT2D eigenvalue weighted by atomic mass is 16.5. The maximum Gasteiger partial charge on any atom is 0.268 e. The number of rotatable bonds is 4. The molecule has 0 aliphatic carbocycles. The second-order valence-electron chi connectivity index (χ2n) is 6.00. The van der Waals surface area contributed by atoms with Gasteiger partial charge < -0.3 is 15.0 Å². The number of hydrogen-bond acceptors (Lipinski definition) is 3. The van der Waals surface area contributed by atoms with Crippen molar-refractivity contribution in [2.24, 2.45) is 0 Å². The van der Waals surface area contributed by atoms with Crippen molar-refractivity contribution < 1.29 is 14.3 Å². The van der Waals surface area contributed by atoms with Gasteiger partial charge in [0.05, 0.1) is 5.69 Å². The minimum Gasteiger partial charge on any atom is -0.479 e. The molecule has 1 aliphatic heterocycles. The van der Waals surface area contributed by atoms with Crippen LogP contribution in [0.2, 0.25) is 0 Å². The van der Waals surface area contributed by atoms with E-state index in [1.807, 2.05) is 19.1 Å². The van der Waals surface area contributed by atoms with E-state index in [1.54, 1.807) is 48.2 Å². The molecule has 2 aromatic rings. The average molecular weight is 336 g/mol. The molecule has 1 aliphatic rings. The lowest BCUT2D eigenvalue weighted by atomic mass is 10.1. The number of carbonyl (C=O) groups excluding carboxylic acids is 2. The lowest BCUT2D eigenvalue weighted by Gasteiger charge is -2.32. The minimum absolute atomic E-state index is 0.108. The number of aryl methyl sites for hydroxylation is 1. The van der Waals surface area contributed by atoms with Crippen LogP contribution in [0, 0.1) is 6.92 Å². The van der Waals surface area contributed by atoms with Gasteiger partial charge in [0.25, 0.3) is 11.8 Å². The standard InChI is InChI=1S/C20H20N2O3/c1-4-11-22-17-10-9-16(12-18(17)25-14(3)20(22)24)21-19(23)15-7-5-13(2)6-8-15/h4-10,12,14H,1,11H2,2-3H3,(H,21,23). The van der Waals surface area contributed by atoms with E-state index in [0.717, 1.165) is 5.56 Å². The van der Waals surface area contributed by atoms with Crippen LogP contribution in [0.4, 0.5) is 11.4 Å². The van der Waals surface area contributed by atoms with Crippen LogP contribution in [0.15, 0.2) is 55.1 Å². The molecule has 25 heavy (non-hydrogen) atoms. The molecule has 5 nitrogen and oxygen atoms in total. The summed E-state index contributed by atoms with van der Waals surface area (Å²) in [6.07, 6.45) is 1.10. The van der Waals surface area contributed by atoms with Crippen LogP contribution >= 0.6 is 0 Å². The van der Waals surface area contributed by atoms with Crippen molar-refractivity contribution in [1.29, 1.82) is 0 Å². The van der Waals surface area contributed by atoms with Crippen molar-refractivity contribution in [3.63, 3.8) is 0 Å². The number of fused-ring (bicyclic) bond motifs is 1. The average Bonchev–Trinajstić information content (AvgIpc) is 2.59. The first kappa shape index (κ1) is 16.8. The van der Waals surface area contributed by atoms with Crippen molar-refractivity contribution in [2.45, 2.75) is 20.0 Å². The Kier molecular flexibility index (Phi) is 4.57. The van der Waals surface area contributed by atoms with Crippen molar-refractivity contribution in [2.75, 3.05) is 16.8 Å². The molecule has 0 bridgehead atoms. The van der Waals surface area contributed by atoms with Crippen LogP contribution in [0.5, 0.6) is 5.75 Å². The maximum absolute atomic E-state index is 12.3. The molecule has 5 heteroatoms. The number of hydrogen-bond donors (Lipinski definition) is 1. The number of carbonyl (C=O) groups is 2. The van der Waals surface area contributed by atoms with E-state index in [0.29, 0.717) is 29.2 Å². The first-order chi connectivity index (χ1) is 12.0. The van der Waals surface area contributed by atoms with Crippen LogP contribution in [0.25, 0.3) is 0 Å². The second-order valence-corrected chi connectivity index (χ2v) is 6.00. The van der Waals surface area contributed by atoms with Gasteiger partial charge in [0.15, 0.2) is 6.10 Å². The molecule has 1 N–H and O–H groups in total. The molecule has 0 spiro atoms. The van der Waals surface area contributed by atoms with Gasteiger partial charge in [-0.15, -0.1) is 6.58 Å². The van der Waals surface area contributed by atoms with E-state index in [4.69, 9.17) is 4.74 Å².